The number of fused-ring (bicyclic) bond motifs is 1. The van der Waals surface area contributed by atoms with E-state index in [1.807, 2.05) is 109 Å². The van der Waals surface area contributed by atoms with Gasteiger partial charge in [0.2, 0.25) is 21.8 Å². The third-order valence-electron chi connectivity index (χ3n) is 8.68. The second-order valence-electron chi connectivity index (χ2n) is 15.0. The molecule has 0 unspecified atom stereocenters. The molecule has 51 heavy (non-hydrogen) atoms. The van der Waals surface area contributed by atoms with Gasteiger partial charge in [-0.05, 0) is 60.9 Å². The lowest BCUT2D eigenvalue weighted by atomic mass is 9.85. The second-order valence-corrected chi connectivity index (χ2v) is 18.0. The van der Waals surface area contributed by atoms with Crippen molar-refractivity contribution in [1.82, 2.24) is 25.2 Å². The van der Waals surface area contributed by atoms with Crippen molar-refractivity contribution in [3.8, 4) is 0 Å². The van der Waals surface area contributed by atoms with Gasteiger partial charge < -0.3 is 21.5 Å². The Morgan fingerprint density at radius 3 is 2.16 bits per heavy atom. The Balaban J connectivity index is 1.56. The lowest BCUT2D eigenvalue weighted by Crippen LogP contribution is -2.59. The molecule has 1 aromatic heterocycles. The van der Waals surface area contributed by atoms with Crippen LogP contribution in [0.4, 0.5) is 5.13 Å². The van der Waals surface area contributed by atoms with Crippen LogP contribution in [-0.4, -0.2) is 72.4 Å². The van der Waals surface area contributed by atoms with Crippen molar-refractivity contribution in [3.63, 3.8) is 0 Å². The number of benzene rings is 3. The van der Waals surface area contributed by atoms with Crippen molar-refractivity contribution >= 4 is 48.5 Å². The van der Waals surface area contributed by atoms with Crippen molar-refractivity contribution in [2.75, 3.05) is 25.4 Å². The van der Waals surface area contributed by atoms with Crippen molar-refractivity contribution in [2.45, 2.75) is 83.5 Å². The summed E-state index contributed by atoms with van der Waals surface area (Å²) in [6.07, 6.45) is -1.07. The Bertz CT molecular complexity index is 1870. The zero-order valence-electron chi connectivity index (χ0n) is 30.5. The highest BCUT2D eigenvalue weighted by molar-refractivity contribution is 7.89. The summed E-state index contributed by atoms with van der Waals surface area (Å²) < 4.78 is 30.1. The molecule has 13 heteroatoms. The highest BCUT2D eigenvalue weighted by Gasteiger charge is 2.37. The van der Waals surface area contributed by atoms with E-state index in [1.165, 1.54) is 27.8 Å². The number of carbonyl (C=O) groups excluding carboxylic acids is 2. The topological polar surface area (TPSA) is 167 Å². The molecule has 11 nitrogen and oxygen atoms in total. The van der Waals surface area contributed by atoms with Gasteiger partial charge in [-0.1, -0.05) is 107 Å². The van der Waals surface area contributed by atoms with Crippen LogP contribution in [0.3, 0.4) is 0 Å². The number of hydrogen-bond donors (Lipinski definition) is 5. The van der Waals surface area contributed by atoms with Gasteiger partial charge in [0.05, 0.1) is 33.8 Å². The molecule has 0 saturated heterocycles. The predicted molar refractivity (Wildman–Crippen MR) is 205 cm³/mol. The fraction of sp³-hybridized carbons (Fsp3) is 0.447. The van der Waals surface area contributed by atoms with Crippen LogP contribution in [0.1, 0.15) is 59.6 Å². The SMILES string of the molecule is CC(C)CN(C[C@@H](O)[C@H](Cc1ccccc1)NC(=O)[C@@H](NC(=O)CNC(C)(C)c1ccccc1)C(C)(C)C)S(=O)(=O)c1ccc2sc(N)nc2c1. The van der Waals surface area contributed by atoms with Gasteiger partial charge in [0.25, 0.3) is 0 Å². The van der Waals surface area contributed by atoms with E-state index >= 15 is 0 Å². The Hall–Kier alpha value is -3.88. The molecule has 2 amide bonds. The molecule has 276 valence electrons. The van der Waals surface area contributed by atoms with E-state index in [-0.39, 0.29) is 42.8 Å². The number of nitrogens with zero attached hydrogens (tertiary/aromatic N) is 2. The molecule has 0 aliphatic carbocycles. The van der Waals surface area contributed by atoms with Crippen LogP contribution in [0, 0.1) is 11.3 Å². The van der Waals surface area contributed by atoms with Crippen molar-refractivity contribution in [1.29, 1.82) is 0 Å². The molecule has 0 spiro atoms. The molecule has 4 rings (SSSR count). The van der Waals surface area contributed by atoms with Gasteiger partial charge in [-0.3, -0.25) is 14.9 Å². The van der Waals surface area contributed by atoms with Gasteiger partial charge in [0.15, 0.2) is 5.13 Å². The number of anilines is 1. The van der Waals surface area contributed by atoms with Crippen LogP contribution in [0.5, 0.6) is 0 Å². The molecule has 3 aromatic carbocycles. The summed E-state index contributed by atoms with van der Waals surface area (Å²) in [6, 6.07) is 22.0. The number of aliphatic hydroxyl groups is 1. The number of carbonyl (C=O) groups is 2. The first-order valence-electron chi connectivity index (χ1n) is 17.2. The van der Waals surface area contributed by atoms with Gasteiger partial charge in [0.1, 0.15) is 6.04 Å². The van der Waals surface area contributed by atoms with E-state index in [2.05, 4.69) is 20.9 Å². The third-order valence-corrected chi connectivity index (χ3v) is 11.4. The largest absolute Gasteiger partial charge is 0.390 e. The number of thiazole rings is 1. The Morgan fingerprint density at radius 1 is 0.922 bits per heavy atom. The molecule has 0 aliphatic rings. The Kier molecular flexibility index (Phi) is 13.0. The van der Waals surface area contributed by atoms with Crippen LogP contribution >= 0.6 is 11.3 Å². The van der Waals surface area contributed by atoms with Crippen molar-refractivity contribution in [3.05, 3.63) is 90.0 Å². The normalized spacial score (nSPS) is 14.4. The number of nitrogen functional groups attached to an aromatic ring is 1. The van der Waals surface area contributed by atoms with E-state index in [4.69, 9.17) is 5.73 Å². The number of nitrogens with two attached hydrogens (primary N) is 1. The summed E-state index contributed by atoms with van der Waals surface area (Å²) in [7, 11) is -4.08. The summed E-state index contributed by atoms with van der Waals surface area (Å²) >= 11 is 1.27. The van der Waals surface area contributed by atoms with Crippen molar-refractivity contribution < 1.29 is 23.1 Å². The monoisotopic (exact) mass is 736 g/mol. The molecule has 6 N–H and O–H groups in total. The summed E-state index contributed by atoms with van der Waals surface area (Å²) in [5.41, 5.74) is 7.01. The van der Waals surface area contributed by atoms with E-state index in [0.29, 0.717) is 10.6 Å². The average molecular weight is 737 g/mol. The number of rotatable bonds is 16. The summed E-state index contributed by atoms with van der Waals surface area (Å²) in [4.78, 5) is 31.6. The molecule has 0 fully saturated rings. The van der Waals surface area contributed by atoms with Crippen LogP contribution in [-0.2, 0) is 31.6 Å². The maximum absolute atomic E-state index is 14.1. The Labute approximate surface area is 306 Å². The molecule has 0 saturated carbocycles. The number of aromatic nitrogens is 1. The minimum absolute atomic E-state index is 0.0286. The van der Waals surface area contributed by atoms with Gasteiger partial charge in [-0.2, -0.15) is 4.31 Å². The first kappa shape index (κ1) is 39.9. The lowest BCUT2D eigenvalue weighted by Gasteiger charge is -2.35. The number of aliphatic hydroxyl groups excluding tert-OH is 1. The van der Waals surface area contributed by atoms with Crippen LogP contribution in [0.25, 0.3) is 10.2 Å². The standard InChI is InChI=1S/C38H52N6O5S2/c1-25(2)23-44(51(48,49)28-18-19-32-30(21-28)42-36(39)50-32)24-31(45)29(20-26-14-10-8-11-15-26)41-35(47)34(37(3,4)5)43-33(46)22-40-38(6,7)27-16-12-9-13-17-27/h8-19,21,25,29,31,34,40,45H,20,22-24H2,1-7H3,(H2,39,42)(H,41,47)(H,43,46)/t29-,31+,34+/m0/s1. The van der Waals surface area contributed by atoms with E-state index in [9.17, 15) is 23.1 Å². The minimum atomic E-state index is -4.08. The molecule has 3 atom stereocenters. The van der Waals surface area contributed by atoms with Crippen LogP contribution in [0.15, 0.2) is 83.8 Å². The van der Waals surface area contributed by atoms with Gasteiger partial charge in [-0.25, -0.2) is 13.4 Å². The molecule has 0 aliphatic heterocycles. The molecule has 1 heterocycles. The zero-order chi connectivity index (χ0) is 37.6. The fourth-order valence-corrected chi connectivity index (χ4v) is 8.17. The van der Waals surface area contributed by atoms with E-state index < -0.39 is 45.1 Å². The minimum Gasteiger partial charge on any atom is -0.390 e. The van der Waals surface area contributed by atoms with E-state index in [0.717, 1.165) is 15.8 Å². The Morgan fingerprint density at radius 2 is 1.55 bits per heavy atom. The van der Waals surface area contributed by atoms with E-state index in [1.54, 1.807) is 6.07 Å². The fourth-order valence-electron chi connectivity index (χ4n) is 5.81. The van der Waals surface area contributed by atoms with Gasteiger partial charge in [0, 0.05) is 18.6 Å². The molecular weight excluding hydrogens is 685 g/mol. The maximum atomic E-state index is 14.1. The number of amides is 2. The third kappa shape index (κ3) is 10.8. The summed E-state index contributed by atoms with van der Waals surface area (Å²) in [6.45, 7) is 13.1. The lowest BCUT2D eigenvalue weighted by molar-refractivity contribution is -0.132. The van der Waals surface area contributed by atoms with Crippen LogP contribution < -0.4 is 21.7 Å². The van der Waals surface area contributed by atoms with Gasteiger partial charge >= 0.3 is 0 Å². The number of sulfonamides is 1. The summed E-state index contributed by atoms with van der Waals surface area (Å²) in [5.74, 6) is -0.904. The van der Waals surface area contributed by atoms with Crippen molar-refractivity contribution in [2.24, 2.45) is 11.3 Å². The highest BCUT2D eigenvalue weighted by Crippen LogP contribution is 2.28. The molecular formula is C38H52N6O5S2. The second kappa shape index (κ2) is 16.6. The first-order chi connectivity index (χ1) is 23.9. The molecule has 0 radical (unpaired) electrons. The van der Waals surface area contributed by atoms with Crippen LogP contribution in [0.2, 0.25) is 0 Å². The molecule has 4 aromatic rings. The maximum Gasteiger partial charge on any atom is 0.243 e. The smallest absolute Gasteiger partial charge is 0.243 e. The zero-order valence-corrected chi connectivity index (χ0v) is 32.1. The molecule has 0 bridgehead atoms. The number of nitrogens with one attached hydrogen (secondary N) is 3. The predicted octanol–water partition coefficient (Wildman–Crippen LogP) is 4.67. The highest BCUT2D eigenvalue weighted by atomic mass is 32.2. The summed E-state index contributed by atoms with van der Waals surface area (Å²) in [5, 5.41) is 21.3. The average Bonchev–Trinajstić information content (AvgIpc) is 3.45. The first-order valence-corrected chi connectivity index (χ1v) is 19.4. The van der Waals surface area contributed by atoms with Gasteiger partial charge in [-0.15, -0.1) is 0 Å². The quantitative estimate of drug-likeness (QED) is 0.111. The number of hydrogen-bond acceptors (Lipinski definition) is 9.